The van der Waals surface area contributed by atoms with Crippen LogP contribution in [0.4, 0.5) is 0 Å². The summed E-state index contributed by atoms with van der Waals surface area (Å²) in [5.41, 5.74) is 2.62. The zero-order valence-electron chi connectivity index (χ0n) is 14.1. The molecule has 0 aliphatic rings. The first-order valence-corrected chi connectivity index (χ1v) is 8.42. The van der Waals surface area contributed by atoms with Crippen LogP contribution in [0, 0.1) is 6.92 Å². The first kappa shape index (κ1) is 17.2. The van der Waals surface area contributed by atoms with E-state index in [0.29, 0.717) is 17.0 Å². The van der Waals surface area contributed by atoms with Crippen LogP contribution < -0.4 is 5.43 Å². The lowest BCUT2D eigenvalue weighted by Crippen LogP contribution is -2.21. The number of carbonyl (C=O) groups is 1. The van der Waals surface area contributed by atoms with Crippen LogP contribution in [0.1, 0.15) is 28.4 Å². The molecule has 0 N–H and O–H groups in total. The van der Waals surface area contributed by atoms with Crippen LogP contribution in [0.25, 0.3) is 10.9 Å². The number of benzene rings is 2. The summed E-state index contributed by atoms with van der Waals surface area (Å²) >= 11 is 6.05. The summed E-state index contributed by atoms with van der Waals surface area (Å²) in [5, 5.41) is 0.859. The summed E-state index contributed by atoms with van der Waals surface area (Å²) in [6.07, 6.45) is 1.57. The van der Waals surface area contributed by atoms with Gasteiger partial charge in [-0.1, -0.05) is 41.4 Å². The molecule has 0 fully saturated rings. The quantitative estimate of drug-likeness (QED) is 0.659. The van der Waals surface area contributed by atoms with Crippen molar-refractivity contribution in [1.29, 1.82) is 0 Å². The van der Waals surface area contributed by atoms with Crippen molar-refractivity contribution >= 4 is 28.5 Å². The minimum Gasteiger partial charge on any atom is -0.462 e. The molecule has 0 aliphatic heterocycles. The molecule has 0 aliphatic carbocycles. The largest absolute Gasteiger partial charge is 0.462 e. The van der Waals surface area contributed by atoms with Gasteiger partial charge in [0.1, 0.15) is 5.56 Å². The maximum absolute atomic E-state index is 12.7. The van der Waals surface area contributed by atoms with Crippen LogP contribution in [0.15, 0.2) is 53.5 Å². The van der Waals surface area contributed by atoms with Crippen LogP contribution in [0.2, 0.25) is 5.02 Å². The van der Waals surface area contributed by atoms with E-state index in [1.165, 1.54) is 5.56 Å². The number of carbonyl (C=O) groups excluding carboxylic acids is 1. The van der Waals surface area contributed by atoms with E-state index in [0.717, 1.165) is 11.1 Å². The number of halogens is 1. The first-order valence-electron chi connectivity index (χ1n) is 8.05. The fourth-order valence-corrected chi connectivity index (χ4v) is 2.92. The lowest BCUT2D eigenvalue weighted by molar-refractivity contribution is 0.0524. The Bertz CT molecular complexity index is 990. The fourth-order valence-electron chi connectivity index (χ4n) is 2.74. The Morgan fingerprint density at radius 3 is 2.56 bits per heavy atom. The number of fused-ring (bicyclic) bond motifs is 1. The third-order valence-electron chi connectivity index (χ3n) is 4.01. The number of aryl methyl sites for hydroxylation is 1. The highest BCUT2D eigenvalue weighted by atomic mass is 35.5. The average molecular weight is 356 g/mol. The smallest absolute Gasteiger partial charge is 0.343 e. The molecule has 1 heterocycles. The van der Waals surface area contributed by atoms with E-state index >= 15 is 0 Å². The second-order valence-corrected chi connectivity index (χ2v) is 6.30. The molecule has 0 radical (unpaired) electrons. The SMILES string of the molecule is CCOC(=O)c1cn(Cc2ccc(C)cc2)c2ccc(Cl)cc2c1=O. The third-order valence-corrected chi connectivity index (χ3v) is 4.25. The maximum Gasteiger partial charge on any atom is 0.343 e. The Labute approximate surface area is 150 Å². The number of ether oxygens (including phenoxy) is 1. The minimum atomic E-state index is -0.618. The van der Waals surface area contributed by atoms with E-state index in [2.05, 4.69) is 0 Å². The molecule has 3 rings (SSSR count). The Morgan fingerprint density at radius 2 is 1.88 bits per heavy atom. The predicted molar refractivity (Wildman–Crippen MR) is 99.5 cm³/mol. The third kappa shape index (κ3) is 3.59. The molecule has 0 unspecified atom stereocenters. The van der Waals surface area contributed by atoms with Crippen molar-refractivity contribution in [3.63, 3.8) is 0 Å². The van der Waals surface area contributed by atoms with Gasteiger partial charge in [0.25, 0.3) is 0 Å². The Kier molecular flexibility index (Phi) is 4.91. The number of hydrogen-bond donors (Lipinski definition) is 0. The Morgan fingerprint density at radius 1 is 1.16 bits per heavy atom. The molecule has 0 saturated heterocycles. The van der Waals surface area contributed by atoms with E-state index in [1.807, 2.05) is 35.8 Å². The van der Waals surface area contributed by atoms with E-state index in [-0.39, 0.29) is 17.6 Å². The van der Waals surface area contributed by atoms with Gasteiger partial charge < -0.3 is 9.30 Å². The molecule has 1 aromatic heterocycles. The van der Waals surface area contributed by atoms with Crippen molar-refractivity contribution in [1.82, 2.24) is 4.57 Å². The lowest BCUT2D eigenvalue weighted by Gasteiger charge is -2.14. The minimum absolute atomic E-state index is 0.0173. The number of pyridine rings is 1. The number of aromatic nitrogens is 1. The van der Waals surface area contributed by atoms with Crippen LogP contribution in [-0.2, 0) is 11.3 Å². The lowest BCUT2D eigenvalue weighted by atomic mass is 10.1. The average Bonchev–Trinajstić information content (AvgIpc) is 2.59. The molecule has 0 amide bonds. The molecular weight excluding hydrogens is 338 g/mol. The molecule has 0 bridgehead atoms. The molecule has 2 aromatic carbocycles. The molecule has 0 spiro atoms. The van der Waals surface area contributed by atoms with Gasteiger partial charge in [-0.05, 0) is 37.6 Å². The van der Waals surface area contributed by atoms with Gasteiger partial charge in [0.15, 0.2) is 0 Å². The van der Waals surface area contributed by atoms with Gasteiger partial charge in [-0.25, -0.2) is 4.79 Å². The van der Waals surface area contributed by atoms with Crippen LogP contribution >= 0.6 is 11.6 Å². The highest BCUT2D eigenvalue weighted by molar-refractivity contribution is 6.31. The number of hydrogen-bond acceptors (Lipinski definition) is 3. The maximum atomic E-state index is 12.7. The summed E-state index contributed by atoms with van der Waals surface area (Å²) < 4.78 is 6.90. The van der Waals surface area contributed by atoms with E-state index in [4.69, 9.17) is 16.3 Å². The summed E-state index contributed by atoms with van der Waals surface area (Å²) in [4.78, 5) is 24.8. The molecule has 4 nitrogen and oxygen atoms in total. The Balaban J connectivity index is 2.18. The first-order chi connectivity index (χ1) is 12.0. The Hall–Kier alpha value is -2.59. The fraction of sp³-hybridized carbons (Fsp3) is 0.200. The topological polar surface area (TPSA) is 48.3 Å². The second kappa shape index (κ2) is 7.11. The van der Waals surface area contributed by atoms with Crippen LogP contribution in [-0.4, -0.2) is 17.1 Å². The normalized spacial score (nSPS) is 10.8. The predicted octanol–water partition coefficient (Wildman–Crippen LogP) is 4.19. The van der Waals surface area contributed by atoms with Gasteiger partial charge in [-0.15, -0.1) is 0 Å². The van der Waals surface area contributed by atoms with Crippen molar-refractivity contribution in [3.05, 3.63) is 80.6 Å². The molecule has 0 atom stereocenters. The van der Waals surface area contributed by atoms with Crippen molar-refractivity contribution in [3.8, 4) is 0 Å². The van der Waals surface area contributed by atoms with Gasteiger partial charge in [0.2, 0.25) is 5.43 Å². The molecule has 128 valence electrons. The van der Waals surface area contributed by atoms with Gasteiger partial charge in [-0.2, -0.15) is 0 Å². The summed E-state index contributed by atoms with van der Waals surface area (Å²) in [7, 11) is 0. The molecular formula is C20H18ClNO3. The van der Waals surface area contributed by atoms with Gasteiger partial charge in [0, 0.05) is 23.2 Å². The number of rotatable bonds is 4. The van der Waals surface area contributed by atoms with Gasteiger partial charge >= 0.3 is 5.97 Å². The van der Waals surface area contributed by atoms with Crippen molar-refractivity contribution in [2.75, 3.05) is 6.61 Å². The monoisotopic (exact) mass is 355 g/mol. The van der Waals surface area contributed by atoms with Gasteiger partial charge in [-0.3, -0.25) is 4.79 Å². The van der Waals surface area contributed by atoms with Gasteiger partial charge in [0.05, 0.1) is 12.1 Å². The standard InChI is InChI=1S/C20H18ClNO3/c1-3-25-20(24)17-12-22(11-14-6-4-13(2)5-7-14)18-9-8-15(21)10-16(18)19(17)23/h4-10,12H,3,11H2,1-2H3. The zero-order chi connectivity index (χ0) is 18.0. The molecule has 3 aromatic rings. The molecule has 25 heavy (non-hydrogen) atoms. The summed E-state index contributed by atoms with van der Waals surface area (Å²) in [6.45, 7) is 4.48. The van der Waals surface area contributed by atoms with Crippen LogP contribution in [0.3, 0.4) is 0 Å². The zero-order valence-corrected chi connectivity index (χ0v) is 14.8. The summed E-state index contributed by atoms with van der Waals surface area (Å²) in [6, 6.07) is 13.2. The van der Waals surface area contributed by atoms with Crippen molar-refractivity contribution < 1.29 is 9.53 Å². The highest BCUT2D eigenvalue weighted by Crippen LogP contribution is 2.19. The van der Waals surface area contributed by atoms with Crippen molar-refractivity contribution in [2.24, 2.45) is 0 Å². The second-order valence-electron chi connectivity index (χ2n) is 5.87. The van der Waals surface area contributed by atoms with E-state index in [9.17, 15) is 9.59 Å². The number of nitrogens with zero attached hydrogens (tertiary/aromatic N) is 1. The summed E-state index contributed by atoms with van der Waals surface area (Å²) in [5.74, 6) is -0.618. The van der Waals surface area contributed by atoms with Crippen LogP contribution in [0.5, 0.6) is 0 Å². The van der Waals surface area contributed by atoms with E-state index in [1.54, 1.807) is 31.3 Å². The van der Waals surface area contributed by atoms with E-state index < -0.39 is 5.97 Å². The highest BCUT2D eigenvalue weighted by Gasteiger charge is 2.17. The molecule has 5 heteroatoms. The molecule has 0 saturated carbocycles. The van der Waals surface area contributed by atoms with Crippen molar-refractivity contribution in [2.45, 2.75) is 20.4 Å². The number of esters is 1.